The molecule has 0 bridgehead atoms. The summed E-state index contributed by atoms with van der Waals surface area (Å²) in [5.74, 6) is 0. The molecule has 0 heterocycles. The lowest BCUT2D eigenvalue weighted by Gasteiger charge is -2.19. The quantitative estimate of drug-likeness (QED) is 0.430. The van der Waals surface area contributed by atoms with Crippen molar-refractivity contribution in [3.8, 4) is 0 Å². The molecule has 0 aliphatic carbocycles. The van der Waals surface area contributed by atoms with E-state index in [1.807, 2.05) is 0 Å². The molecule has 0 unspecified atom stereocenters. The molecule has 9 heteroatoms. The van der Waals surface area contributed by atoms with Crippen LogP contribution in [-0.4, -0.2) is 24.4 Å². The molecule has 0 N–H and O–H groups in total. The second-order valence-corrected chi connectivity index (χ2v) is 4.42. The van der Waals surface area contributed by atoms with Crippen LogP contribution in [0.1, 0.15) is 25.7 Å². The minimum atomic E-state index is -5.78. The molecule has 3 nitrogen and oxygen atoms in total. The topological polar surface area (TPSA) is 57.2 Å². The van der Waals surface area contributed by atoms with Gasteiger partial charge in [-0.05, 0) is 12.8 Å². The molecule has 92 valence electrons. The van der Waals surface area contributed by atoms with Gasteiger partial charge < -0.3 is 4.55 Å². The number of rotatable bonds is 5. The van der Waals surface area contributed by atoms with Crippen molar-refractivity contribution in [2.24, 2.45) is 0 Å². The molecule has 0 saturated carbocycles. The van der Waals surface area contributed by atoms with Crippen LogP contribution in [-0.2, 0) is 10.1 Å². The first kappa shape index (κ1) is 14.6. The largest absolute Gasteiger partial charge is 0.743 e. The maximum absolute atomic E-state index is 12.4. The van der Waals surface area contributed by atoms with Crippen LogP contribution in [0.3, 0.4) is 0 Å². The van der Waals surface area contributed by atoms with Gasteiger partial charge in [-0.3, -0.25) is 0 Å². The van der Waals surface area contributed by atoms with Crippen LogP contribution in [0.25, 0.3) is 0 Å². The normalized spacial score (nSPS) is 14.3. The number of hydrogen-bond donors (Lipinski definition) is 0. The lowest BCUT2D eigenvalue weighted by Crippen LogP contribution is -2.28. The Kier molecular flexibility index (Phi) is 4.47. The minimum absolute atomic E-state index is 0.630. The standard InChI is InChI=1S/C6H9F5O3S/c7-5(8,9)3-1-2-4-6(10,11)15(12,13)14/h1-4H2,(H,12,13,14)/p-1. The molecule has 0 aliphatic rings. The first-order valence-corrected chi connectivity index (χ1v) is 5.26. The van der Waals surface area contributed by atoms with E-state index < -0.39 is 47.2 Å². The fraction of sp³-hybridized carbons (Fsp3) is 1.00. The highest BCUT2D eigenvalue weighted by Crippen LogP contribution is 2.29. The van der Waals surface area contributed by atoms with E-state index in [1.54, 1.807) is 0 Å². The molecule has 0 spiro atoms. The maximum Gasteiger partial charge on any atom is 0.389 e. The van der Waals surface area contributed by atoms with E-state index in [0.29, 0.717) is 0 Å². The SMILES string of the molecule is O=S(=O)([O-])C(F)(F)CCCCC(F)(F)F. The number of alkyl halides is 5. The summed E-state index contributed by atoms with van der Waals surface area (Å²) >= 11 is 0. The molecule has 0 rings (SSSR count). The minimum Gasteiger partial charge on any atom is -0.743 e. The number of unbranched alkanes of at least 4 members (excludes halogenated alkanes) is 1. The molecule has 0 aromatic rings. The van der Waals surface area contributed by atoms with Crippen LogP contribution in [0.5, 0.6) is 0 Å². The molecule has 0 aromatic heterocycles. The van der Waals surface area contributed by atoms with Crippen molar-refractivity contribution in [2.75, 3.05) is 0 Å². The lowest BCUT2D eigenvalue weighted by molar-refractivity contribution is -0.136. The Morgan fingerprint density at radius 2 is 1.33 bits per heavy atom. The van der Waals surface area contributed by atoms with Crippen LogP contribution in [0.15, 0.2) is 0 Å². The number of halogens is 5. The second-order valence-electron chi connectivity index (χ2n) is 2.91. The summed E-state index contributed by atoms with van der Waals surface area (Å²) in [6, 6.07) is 0. The zero-order valence-electron chi connectivity index (χ0n) is 7.35. The molecule has 0 aliphatic heterocycles. The van der Waals surface area contributed by atoms with Crippen molar-refractivity contribution in [1.82, 2.24) is 0 Å². The highest BCUT2D eigenvalue weighted by molar-refractivity contribution is 7.86. The van der Waals surface area contributed by atoms with Gasteiger partial charge in [0.25, 0.3) is 0 Å². The summed E-state index contributed by atoms with van der Waals surface area (Å²) in [6.45, 7) is 0. The van der Waals surface area contributed by atoms with E-state index in [0.717, 1.165) is 0 Å². The third kappa shape index (κ3) is 5.88. The Labute approximate surface area is 83.0 Å². The highest BCUT2D eigenvalue weighted by atomic mass is 32.2. The van der Waals surface area contributed by atoms with Gasteiger partial charge in [-0.2, -0.15) is 22.0 Å². The molecule has 15 heavy (non-hydrogen) atoms. The molecule has 0 fully saturated rings. The van der Waals surface area contributed by atoms with Gasteiger partial charge in [0.15, 0.2) is 10.1 Å². The summed E-state index contributed by atoms with van der Waals surface area (Å²) < 4.78 is 89.1. The van der Waals surface area contributed by atoms with Crippen LogP contribution >= 0.6 is 0 Å². The van der Waals surface area contributed by atoms with Crippen molar-refractivity contribution >= 4 is 10.1 Å². The summed E-state index contributed by atoms with van der Waals surface area (Å²) in [5, 5.41) is -4.49. The fourth-order valence-electron chi connectivity index (χ4n) is 0.781. The summed E-state index contributed by atoms with van der Waals surface area (Å²) in [5.41, 5.74) is 0. The average molecular weight is 255 g/mol. The van der Waals surface area contributed by atoms with E-state index in [1.165, 1.54) is 0 Å². The Morgan fingerprint density at radius 1 is 0.933 bits per heavy atom. The Hall–Kier alpha value is -0.440. The zero-order chi connectivity index (χ0) is 12.3. The first-order valence-electron chi connectivity index (χ1n) is 3.86. The maximum atomic E-state index is 12.4. The zero-order valence-corrected chi connectivity index (χ0v) is 8.17. The van der Waals surface area contributed by atoms with Gasteiger partial charge in [-0.1, -0.05) is 0 Å². The Balaban J connectivity index is 3.98. The van der Waals surface area contributed by atoms with Crippen molar-refractivity contribution in [3.63, 3.8) is 0 Å². The van der Waals surface area contributed by atoms with E-state index in [-0.39, 0.29) is 0 Å². The molecular weight excluding hydrogens is 247 g/mol. The van der Waals surface area contributed by atoms with Gasteiger partial charge in [0.1, 0.15) is 0 Å². The molecule has 0 saturated heterocycles. The van der Waals surface area contributed by atoms with Crippen molar-refractivity contribution in [2.45, 2.75) is 37.1 Å². The first-order chi connectivity index (χ1) is 6.46. The average Bonchev–Trinajstić information content (AvgIpc) is 1.94. The van der Waals surface area contributed by atoms with Gasteiger partial charge >= 0.3 is 11.4 Å². The molecular formula is C6H8F5O3S-. The predicted octanol–water partition coefficient (Wildman–Crippen LogP) is 2.25. The Morgan fingerprint density at radius 3 is 1.67 bits per heavy atom. The smallest absolute Gasteiger partial charge is 0.389 e. The van der Waals surface area contributed by atoms with Crippen LogP contribution in [0.4, 0.5) is 22.0 Å². The van der Waals surface area contributed by atoms with Gasteiger partial charge in [-0.15, -0.1) is 0 Å². The van der Waals surface area contributed by atoms with Gasteiger partial charge in [0.2, 0.25) is 0 Å². The number of hydrogen-bond acceptors (Lipinski definition) is 3. The predicted molar refractivity (Wildman–Crippen MR) is 39.2 cm³/mol. The van der Waals surface area contributed by atoms with E-state index in [2.05, 4.69) is 0 Å². The van der Waals surface area contributed by atoms with Gasteiger partial charge in [-0.25, -0.2) is 8.42 Å². The van der Waals surface area contributed by atoms with Crippen molar-refractivity contribution in [1.29, 1.82) is 0 Å². The highest BCUT2D eigenvalue weighted by Gasteiger charge is 2.37. The van der Waals surface area contributed by atoms with Gasteiger partial charge in [0, 0.05) is 12.8 Å². The van der Waals surface area contributed by atoms with Crippen LogP contribution in [0.2, 0.25) is 0 Å². The molecule has 0 atom stereocenters. The summed E-state index contributed by atoms with van der Waals surface area (Å²) in [6.07, 6.45) is -8.43. The third-order valence-corrected chi connectivity index (χ3v) is 2.48. The monoisotopic (exact) mass is 255 g/mol. The van der Waals surface area contributed by atoms with Crippen LogP contribution < -0.4 is 0 Å². The molecule has 0 amide bonds. The summed E-state index contributed by atoms with van der Waals surface area (Å²) in [4.78, 5) is 0. The summed E-state index contributed by atoms with van der Waals surface area (Å²) in [7, 11) is -5.78. The Bertz CT molecular complexity index is 294. The van der Waals surface area contributed by atoms with Gasteiger partial charge in [0.05, 0.1) is 0 Å². The van der Waals surface area contributed by atoms with Crippen molar-refractivity contribution < 1.29 is 34.9 Å². The molecule has 0 aromatic carbocycles. The van der Waals surface area contributed by atoms with E-state index in [4.69, 9.17) is 0 Å². The van der Waals surface area contributed by atoms with Crippen molar-refractivity contribution in [3.05, 3.63) is 0 Å². The lowest BCUT2D eigenvalue weighted by atomic mass is 10.2. The van der Waals surface area contributed by atoms with E-state index in [9.17, 15) is 34.9 Å². The third-order valence-electron chi connectivity index (χ3n) is 1.54. The molecule has 0 radical (unpaired) electrons. The second kappa shape index (κ2) is 4.60. The fourth-order valence-corrected chi connectivity index (χ4v) is 1.18. The van der Waals surface area contributed by atoms with Crippen LogP contribution in [0, 0.1) is 0 Å². The van der Waals surface area contributed by atoms with E-state index >= 15 is 0 Å².